The van der Waals surface area contributed by atoms with Crippen LogP contribution in [-0.2, 0) is 15.8 Å². The molecule has 2 rings (SSSR count). The van der Waals surface area contributed by atoms with Gasteiger partial charge in [-0.15, -0.1) is 0 Å². The van der Waals surface area contributed by atoms with Gasteiger partial charge in [-0.1, -0.05) is 30.3 Å². The van der Waals surface area contributed by atoms with E-state index in [4.69, 9.17) is 0 Å². The van der Waals surface area contributed by atoms with Crippen LogP contribution in [0.15, 0.2) is 47.6 Å². The second kappa shape index (κ2) is 7.81. The first-order chi connectivity index (χ1) is 12.2. The van der Waals surface area contributed by atoms with Gasteiger partial charge in [0.05, 0.1) is 11.8 Å². The number of amides is 2. The molecule has 0 saturated carbocycles. The Bertz CT molecular complexity index is 861. The number of anilines is 1. The molecule has 0 aliphatic heterocycles. The van der Waals surface area contributed by atoms with Crippen molar-refractivity contribution in [2.45, 2.75) is 20.0 Å². The molecule has 2 N–H and O–H groups in total. The van der Waals surface area contributed by atoms with E-state index >= 15 is 0 Å². The van der Waals surface area contributed by atoms with Gasteiger partial charge < -0.3 is 5.32 Å². The maximum Gasteiger partial charge on any atom is 0.417 e. The summed E-state index contributed by atoms with van der Waals surface area (Å²) in [6, 6.07) is 10.1. The van der Waals surface area contributed by atoms with Gasteiger partial charge in [0.25, 0.3) is 0 Å². The van der Waals surface area contributed by atoms with Gasteiger partial charge in [0.1, 0.15) is 0 Å². The largest absolute Gasteiger partial charge is 0.417 e. The number of hydrazone groups is 1. The molecular weight excluding hydrogens is 347 g/mol. The predicted octanol–water partition coefficient (Wildman–Crippen LogP) is 3.41. The molecule has 0 aliphatic rings. The molecule has 0 spiro atoms. The number of carbonyl (C=O) groups is 2. The normalized spacial score (nSPS) is 11.4. The standard InChI is InChI=1S/C18H16F3N3O2/c1-11-7-8-12(2)15(9-11)23-16(25)17(26)24-22-10-13-5-3-4-6-14(13)18(19,20)21/h3-10H,1-2H3,(H,23,25)(H,24,26)/b22-10-. The van der Waals surface area contributed by atoms with Crippen LogP contribution in [0.4, 0.5) is 18.9 Å². The van der Waals surface area contributed by atoms with Crippen molar-refractivity contribution in [2.75, 3.05) is 5.32 Å². The van der Waals surface area contributed by atoms with Gasteiger partial charge in [-0.2, -0.15) is 18.3 Å². The van der Waals surface area contributed by atoms with E-state index < -0.39 is 23.6 Å². The van der Waals surface area contributed by atoms with E-state index in [1.807, 2.05) is 18.4 Å². The minimum absolute atomic E-state index is 0.227. The zero-order chi connectivity index (χ0) is 19.3. The maximum absolute atomic E-state index is 12.9. The van der Waals surface area contributed by atoms with Crippen molar-refractivity contribution in [1.29, 1.82) is 0 Å². The fourth-order valence-electron chi connectivity index (χ4n) is 2.13. The van der Waals surface area contributed by atoms with E-state index in [-0.39, 0.29) is 5.56 Å². The van der Waals surface area contributed by atoms with Gasteiger partial charge in [0.15, 0.2) is 0 Å². The fourth-order valence-corrected chi connectivity index (χ4v) is 2.13. The van der Waals surface area contributed by atoms with Gasteiger partial charge in [-0.3, -0.25) is 9.59 Å². The monoisotopic (exact) mass is 363 g/mol. The van der Waals surface area contributed by atoms with Gasteiger partial charge in [0, 0.05) is 11.3 Å². The van der Waals surface area contributed by atoms with Crippen molar-refractivity contribution in [3.63, 3.8) is 0 Å². The van der Waals surface area contributed by atoms with Crippen LogP contribution in [0.1, 0.15) is 22.3 Å². The number of halogens is 3. The van der Waals surface area contributed by atoms with Crippen molar-refractivity contribution in [2.24, 2.45) is 5.10 Å². The molecule has 0 bridgehead atoms. The van der Waals surface area contributed by atoms with E-state index in [0.717, 1.165) is 23.4 Å². The molecule has 0 radical (unpaired) electrons. The summed E-state index contributed by atoms with van der Waals surface area (Å²) in [5, 5.41) is 5.86. The summed E-state index contributed by atoms with van der Waals surface area (Å²) >= 11 is 0. The number of rotatable bonds is 3. The Kier molecular flexibility index (Phi) is 5.76. The number of benzene rings is 2. The van der Waals surface area contributed by atoms with Crippen molar-refractivity contribution in [3.05, 3.63) is 64.7 Å². The molecule has 0 atom stereocenters. The van der Waals surface area contributed by atoms with Crippen molar-refractivity contribution in [1.82, 2.24) is 5.43 Å². The third-order valence-corrected chi connectivity index (χ3v) is 3.48. The minimum atomic E-state index is -4.55. The topological polar surface area (TPSA) is 70.6 Å². The summed E-state index contributed by atoms with van der Waals surface area (Å²) in [6.45, 7) is 3.59. The Morgan fingerprint density at radius 1 is 1.04 bits per heavy atom. The number of hydrogen-bond acceptors (Lipinski definition) is 3. The molecule has 0 unspecified atom stereocenters. The molecule has 0 saturated heterocycles. The smallest absolute Gasteiger partial charge is 0.317 e. The molecule has 26 heavy (non-hydrogen) atoms. The summed E-state index contributed by atoms with van der Waals surface area (Å²) in [6.07, 6.45) is -3.71. The Labute approximate surface area is 147 Å². The second-order valence-corrected chi connectivity index (χ2v) is 5.56. The summed E-state index contributed by atoms with van der Waals surface area (Å²) in [4.78, 5) is 23.6. The van der Waals surface area contributed by atoms with E-state index in [2.05, 4.69) is 10.4 Å². The van der Waals surface area contributed by atoms with Crippen LogP contribution < -0.4 is 10.7 Å². The van der Waals surface area contributed by atoms with Gasteiger partial charge in [-0.05, 0) is 37.1 Å². The molecule has 136 valence electrons. The molecule has 0 aliphatic carbocycles. The highest BCUT2D eigenvalue weighted by Crippen LogP contribution is 2.31. The SMILES string of the molecule is Cc1ccc(C)c(NC(=O)C(=O)N/N=C\c2ccccc2C(F)(F)F)c1. The van der Waals surface area contributed by atoms with Crippen LogP contribution in [0.25, 0.3) is 0 Å². The van der Waals surface area contributed by atoms with E-state index in [1.165, 1.54) is 18.2 Å². The van der Waals surface area contributed by atoms with Crippen molar-refractivity contribution in [3.8, 4) is 0 Å². The molecule has 2 aromatic rings. The molecule has 2 aromatic carbocycles. The van der Waals surface area contributed by atoms with Gasteiger partial charge >= 0.3 is 18.0 Å². The van der Waals surface area contributed by atoms with Crippen molar-refractivity contribution >= 4 is 23.7 Å². The van der Waals surface area contributed by atoms with Crippen LogP contribution in [0, 0.1) is 13.8 Å². The van der Waals surface area contributed by atoms with Crippen LogP contribution in [0.3, 0.4) is 0 Å². The van der Waals surface area contributed by atoms with E-state index in [9.17, 15) is 22.8 Å². The third-order valence-electron chi connectivity index (χ3n) is 3.48. The van der Waals surface area contributed by atoms with Crippen LogP contribution in [-0.4, -0.2) is 18.0 Å². The van der Waals surface area contributed by atoms with E-state index in [1.54, 1.807) is 19.1 Å². The Hall–Kier alpha value is -3.16. The quantitative estimate of drug-likeness (QED) is 0.498. The first-order valence-corrected chi connectivity index (χ1v) is 7.56. The van der Waals surface area contributed by atoms with Crippen LogP contribution in [0.2, 0.25) is 0 Å². The number of nitrogens with zero attached hydrogens (tertiary/aromatic N) is 1. The highest BCUT2D eigenvalue weighted by Gasteiger charge is 2.32. The van der Waals surface area contributed by atoms with Crippen LogP contribution in [0.5, 0.6) is 0 Å². The molecular formula is C18H16F3N3O2. The van der Waals surface area contributed by atoms with Crippen LogP contribution >= 0.6 is 0 Å². The lowest BCUT2D eigenvalue weighted by molar-refractivity contribution is -0.137. The summed E-state index contributed by atoms with van der Waals surface area (Å²) in [7, 11) is 0. The lowest BCUT2D eigenvalue weighted by atomic mass is 10.1. The average molecular weight is 363 g/mol. The maximum atomic E-state index is 12.9. The third kappa shape index (κ3) is 4.92. The number of alkyl halides is 3. The predicted molar refractivity (Wildman–Crippen MR) is 91.7 cm³/mol. The number of nitrogens with one attached hydrogen (secondary N) is 2. The molecule has 0 heterocycles. The Morgan fingerprint density at radius 3 is 2.42 bits per heavy atom. The lowest BCUT2D eigenvalue weighted by Crippen LogP contribution is -2.32. The zero-order valence-corrected chi connectivity index (χ0v) is 14.0. The number of carbonyl (C=O) groups excluding carboxylic acids is 2. The minimum Gasteiger partial charge on any atom is -0.317 e. The molecule has 0 fully saturated rings. The molecule has 0 aromatic heterocycles. The van der Waals surface area contributed by atoms with Crippen molar-refractivity contribution < 1.29 is 22.8 Å². The highest BCUT2D eigenvalue weighted by molar-refractivity contribution is 6.39. The zero-order valence-electron chi connectivity index (χ0n) is 14.0. The molecule has 8 heteroatoms. The Balaban J connectivity index is 2.04. The first kappa shape index (κ1) is 19.2. The lowest BCUT2D eigenvalue weighted by Gasteiger charge is -2.09. The fraction of sp³-hybridized carbons (Fsp3) is 0.167. The first-order valence-electron chi connectivity index (χ1n) is 7.56. The summed E-state index contributed by atoms with van der Waals surface area (Å²) < 4.78 is 38.6. The van der Waals surface area contributed by atoms with Gasteiger partial charge in [0.2, 0.25) is 0 Å². The number of aryl methyl sites for hydroxylation is 2. The second-order valence-electron chi connectivity index (χ2n) is 5.56. The summed E-state index contributed by atoms with van der Waals surface area (Å²) in [5.74, 6) is -2.06. The molecule has 2 amide bonds. The summed E-state index contributed by atoms with van der Waals surface area (Å²) in [5.41, 5.74) is 2.93. The van der Waals surface area contributed by atoms with Gasteiger partial charge in [-0.25, -0.2) is 5.43 Å². The Morgan fingerprint density at radius 2 is 1.73 bits per heavy atom. The number of hydrogen-bond donors (Lipinski definition) is 2. The molecule has 5 nitrogen and oxygen atoms in total. The average Bonchev–Trinajstić information content (AvgIpc) is 2.57. The van der Waals surface area contributed by atoms with E-state index in [0.29, 0.717) is 5.69 Å². The highest BCUT2D eigenvalue weighted by atomic mass is 19.4.